The fraction of sp³-hybridized carbons (Fsp3) is 0.300. The molecule has 1 N–H and O–H groups in total. The summed E-state index contributed by atoms with van der Waals surface area (Å²) in [6, 6.07) is 13.8. The molecule has 0 bridgehead atoms. The van der Waals surface area contributed by atoms with Crippen LogP contribution < -0.4 is 4.74 Å². The van der Waals surface area contributed by atoms with Crippen molar-refractivity contribution >= 4 is 11.7 Å². The van der Waals surface area contributed by atoms with E-state index in [1.165, 1.54) is 12.1 Å². The summed E-state index contributed by atoms with van der Waals surface area (Å²) in [6.45, 7) is 4.02. The van der Waals surface area contributed by atoms with Gasteiger partial charge in [0, 0.05) is 12.5 Å². The van der Waals surface area contributed by atoms with Crippen molar-refractivity contribution < 1.29 is 24.2 Å². The lowest BCUT2D eigenvalue weighted by molar-refractivity contribution is 0.0697. The molecule has 1 unspecified atom stereocenters. The van der Waals surface area contributed by atoms with Crippen LogP contribution in [0.3, 0.4) is 0 Å². The van der Waals surface area contributed by atoms with Gasteiger partial charge >= 0.3 is 5.97 Å². The van der Waals surface area contributed by atoms with Crippen LogP contribution in [-0.2, 0) is 9.57 Å². The lowest BCUT2D eigenvalue weighted by Crippen LogP contribution is -2.07. The first-order valence-corrected chi connectivity index (χ1v) is 8.48. The summed E-state index contributed by atoms with van der Waals surface area (Å²) in [6.07, 6.45) is 1.02. The summed E-state index contributed by atoms with van der Waals surface area (Å²) in [5.41, 5.74) is 1.96. The molecule has 3 rings (SSSR count). The van der Waals surface area contributed by atoms with Gasteiger partial charge in [-0.2, -0.15) is 0 Å². The molecule has 2 aromatic rings. The molecule has 0 saturated carbocycles. The smallest absolute Gasteiger partial charge is 0.335 e. The topological polar surface area (TPSA) is 77.3 Å². The Morgan fingerprint density at radius 3 is 2.27 bits per heavy atom. The zero-order chi connectivity index (χ0) is 18.4. The predicted molar refractivity (Wildman–Crippen MR) is 97.0 cm³/mol. The Kier molecular flexibility index (Phi) is 5.86. The highest BCUT2D eigenvalue weighted by Crippen LogP contribution is 2.22. The van der Waals surface area contributed by atoms with Crippen LogP contribution in [0, 0.1) is 5.92 Å². The molecule has 1 fully saturated rings. The van der Waals surface area contributed by atoms with Gasteiger partial charge in [0.15, 0.2) is 0 Å². The van der Waals surface area contributed by atoms with Gasteiger partial charge in [-0.1, -0.05) is 5.16 Å². The Bertz CT molecular complexity index is 762. The minimum Gasteiger partial charge on any atom is -0.478 e. The average molecular weight is 355 g/mol. The molecule has 1 atom stereocenters. The molecule has 1 aliphatic rings. The quantitative estimate of drug-likeness (QED) is 0.601. The van der Waals surface area contributed by atoms with Crippen LogP contribution in [0.15, 0.2) is 53.7 Å². The van der Waals surface area contributed by atoms with E-state index in [4.69, 9.17) is 19.4 Å². The van der Waals surface area contributed by atoms with Crippen molar-refractivity contribution in [2.24, 2.45) is 11.1 Å². The molecule has 1 aliphatic heterocycles. The van der Waals surface area contributed by atoms with E-state index in [0.717, 1.165) is 30.9 Å². The average Bonchev–Trinajstić information content (AvgIpc) is 3.16. The molecule has 0 aliphatic carbocycles. The zero-order valence-electron chi connectivity index (χ0n) is 14.6. The second-order valence-electron chi connectivity index (χ2n) is 6.16. The van der Waals surface area contributed by atoms with Gasteiger partial charge in [0.25, 0.3) is 0 Å². The molecular formula is C20H21NO5. The molecule has 136 valence electrons. The second kappa shape index (κ2) is 8.49. The van der Waals surface area contributed by atoms with Crippen LogP contribution >= 0.6 is 0 Å². The van der Waals surface area contributed by atoms with E-state index in [1.807, 2.05) is 31.2 Å². The number of nitrogens with zero attached hydrogens (tertiary/aromatic N) is 1. The van der Waals surface area contributed by atoms with Gasteiger partial charge in [-0.05, 0) is 67.4 Å². The first kappa shape index (κ1) is 17.9. The molecule has 0 aromatic heterocycles. The summed E-state index contributed by atoms with van der Waals surface area (Å²) in [7, 11) is 0. The maximum Gasteiger partial charge on any atom is 0.335 e. The summed E-state index contributed by atoms with van der Waals surface area (Å²) in [5.74, 6) is 0.706. The molecule has 6 nitrogen and oxygen atoms in total. The van der Waals surface area contributed by atoms with Gasteiger partial charge in [-0.25, -0.2) is 4.79 Å². The summed E-state index contributed by atoms with van der Waals surface area (Å²) >= 11 is 0. The maximum atomic E-state index is 10.9. The number of carboxylic acids is 1. The van der Waals surface area contributed by atoms with Crippen molar-refractivity contribution in [2.45, 2.75) is 13.3 Å². The highest BCUT2D eigenvalue weighted by Gasteiger charge is 2.16. The Balaban J connectivity index is 1.55. The molecular weight excluding hydrogens is 334 g/mol. The highest BCUT2D eigenvalue weighted by molar-refractivity contribution is 5.98. The maximum absolute atomic E-state index is 10.9. The summed E-state index contributed by atoms with van der Waals surface area (Å²) in [5, 5.41) is 13.1. The zero-order valence-corrected chi connectivity index (χ0v) is 14.6. The van der Waals surface area contributed by atoms with Gasteiger partial charge < -0.3 is 19.4 Å². The van der Waals surface area contributed by atoms with Crippen molar-refractivity contribution in [3.63, 3.8) is 0 Å². The minimum atomic E-state index is -0.960. The van der Waals surface area contributed by atoms with Crippen LogP contribution in [0.25, 0.3) is 0 Å². The van der Waals surface area contributed by atoms with E-state index >= 15 is 0 Å². The van der Waals surface area contributed by atoms with E-state index in [9.17, 15) is 4.79 Å². The molecule has 2 aromatic carbocycles. The first-order valence-electron chi connectivity index (χ1n) is 8.48. The van der Waals surface area contributed by atoms with Gasteiger partial charge in [0.1, 0.15) is 18.1 Å². The fourth-order valence-electron chi connectivity index (χ4n) is 2.57. The molecule has 6 heteroatoms. The monoisotopic (exact) mass is 355 g/mol. The van der Waals surface area contributed by atoms with Crippen LogP contribution in [0.4, 0.5) is 0 Å². The second-order valence-corrected chi connectivity index (χ2v) is 6.16. The van der Waals surface area contributed by atoms with Crippen LogP contribution in [0.2, 0.25) is 0 Å². The van der Waals surface area contributed by atoms with Gasteiger partial charge in [-0.3, -0.25) is 0 Å². The SMILES string of the molecule is C/C(=N\OCC1CCOC1)c1ccc(Oc2ccc(C(=O)O)cc2)cc1. The largest absolute Gasteiger partial charge is 0.478 e. The van der Waals surface area contributed by atoms with E-state index in [1.54, 1.807) is 12.1 Å². The Morgan fingerprint density at radius 2 is 1.73 bits per heavy atom. The van der Waals surface area contributed by atoms with Crippen molar-refractivity contribution in [3.8, 4) is 11.5 Å². The number of carboxylic acid groups (broad SMARTS) is 1. The lowest BCUT2D eigenvalue weighted by Gasteiger charge is -2.08. The Morgan fingerprint density at radius 1 is 1.12 bits per heavy atom. The van der Waals surface area contributed by atoms with E-state index in [2.05, 4.69) is 5.16 Å². The number of rotatable bonds is 7. The van der Waals surface area contributed by atoms with E-state index in [-0.39, 0.29) is 5.56 Å². The number of hydrogen-bond acceptors (Lipinski definition) is 5. The lowest BCUT2D eigenvalue weighted by atomic mass is 10.1. The van der Waals surface area contributed by atoms with Crippen molar-refractivity contribution in [1.82, 2.24) is 0 Å². The summed E-state index contributed by atoms with van der Waals surface area (Å²) in [4.78, 5) is 16.3. The third-order valence-electron chi connectivity index (χ3n) is 4.14. The highest BCUT2D eigenvalue weighted by atomic mass is 16.6. The van der Waals surface area contributed by atoms with Crippen LogP contribution in [0.1, 0.15) is 29.3 Å². The molecule has 0 spiro atoms. The molecule has 26 heavy (non-hydrogen) atoms. The first-order chi connectivity index (χ1) is 12.6. The number of benzene rings is 2. The number of aromatic carboxylic acids is 1. The fourth-order valence-corrected chi connectivity index (χ4v) is 2.57. The van der Waals surface area contributed by atoms with Gasteiger partial charge in [0.05, 0.1) is 17.9 Å². The van der Waals surface area contributed by atoms with Crippen molar-refractivity contribution in [1.29, 1.82) is 0 Å². The third kappa shape index (κ3) is 4.83. The molecule has 0 radical (unpaired) electrons. The van der Waals surface area contributed by atoms with Crippen LogP contribution in [0.5, 0.6) is 11.5 Å². The number of carbonyl (C=O) groups is 1. The predicted octanol–water partition coefficient (Wildman–Crippen LogP) is 3.95. The molecule has 0 amide bonds. The number of oxime groups is 1. The standard InChI is InChI=1S/C20H21NO5/c1-14(21-25-13-15-10-11-24-12-15)16-2-6-18(7-3-16)26-19-8-4-17(5-9-19)20(22)23/h2-9,15H,10-13H2,1H3,(H,22,23)/b21-14+. The van der Waals surface area contributed by atoms with Crippen LogP contribution in [-0.4, -0.2) is 36.6 Å². The third-order valence-corrected chi connectivity index (χ3v) is 4.14. The normalized spacial score (nSPS) is 17.1. The van der Waals surface area contributed by atoms with E-state index < -0.39 is 5.97 Å². The van der Waals surface area contributed by atoms with Crippen molar-refractivity contribution in [3.05, 3.63) is 59.7 Å². The number of ether oxygens (including phenoxy) is 2. The molecule has 1 saturated heterocycles. The Labute approximate surface area is 152 Å². The van der Waals surface area contributed by atoms with E-state index in [0.29, 0.717) is 24.0 Å². The molecule has 1 heterocycles. The number of hydrogen-bond donors (Lipinski definition) is 1. The van der Waals surface area contributed by atoms with Gasteiger partial charge in [-0.15, -0.1) is 0 Å². The van der Waals surface area contributed by atoms with Crippen molar-refractivity contribution in [2.75, 3.05) is 19.8 Å². The Hall–Kier alpha value is -2.86. The minimum absolute atomic E-state index is 0.226. The summed E-state index contributed by atoms with van der Waals surface area (Å²) < 4.78 is 11.0. The van der Waals surface area contributed by atoms with Gasteiger partial charge in [0.2, 0.25) is 0 Å².